The molecule has 8 bridgehead atoms. The Labute approximate surface area is 281 Å². The van der Waals surface area contributed by atoms with E-state index in [2.05, 4.69) is 65.8 Å². The lowest BCUT2D eigenvalue weighted by Gasteiger charge is -2.67. The first-order valence-electron chi connectivity index (χ1n) is 19.3. The van der Waals surface area contributed by atoms with Gasteiger partial charge in [-0.3, -0.25) is 0 Å². The van der Waals surface area contributed by atoms with Gasteiger partial charge in [-0.1, -0.05) is 61.6 Å². The second kappa shape index (κ2) is 11.5. The molecule has 0 atom stereocenters. The van der Waals surface area contributed by atoms with Crippen molar-refractivity contribution in [1.82, 2.24) is 0 Å². The van der Waals surface area contributed by atoms with Crippen LogP contribution in [-0.4, -0.2) is 24.5 Å². The van der Waals surface area contributed by atoms with Crippen molar-refractivity contribution in [3.8, 4) is 22.6 Å². The Bertz CT molecular complexity index is 1340. The fraction of sp³-hybridized carbons (Fsp3) is 0.721. The molecule has 0 radical (unpaired) electrons. The number of hydrogen-bond donors (Lipinski definition) is 0. The Morgan fingerprint density at radius 3 is 1.24 bits per heavy atom. The minimum atomic E-state index is -0.485. The molecule has 250 valence electrons. The Morgan fingerprint density at radius 1 is 0.543 bits per heavy atom. The summed E-state index contributed by atoms with van der Waals surface area (Å²) in [5.41, 5.74) is 7.41. The van der Waals surface area contributed by atoms with E-state index in [-0.39, 0.29) is 0 Å². The molecule has 0 amide bonds. The van der Waals surface area contributed by atoms with Gasteiger partial charge in [-0.05, 0) is 175 Å². The van der Waals surface area contributed by atoms with Gasteiger partial charge in [-0.25, -0.2) is 0 Å². The van der Waals surface area contributed by atoms with Crippen molar-refractivity contribution >= 4 is 13.2 Å². The zero-order valence-corrected chi connectivity index (χ0v) is 31.1. The molecule has 46 heavy (non-hydrogen) atoms. The Kier molecular flexibility index (Phi) is 7.95. The van der Waals surface area contributed by atoms with Gasteiger partial charge >= 0.3 is 0 Å². The summed E-state index contributed by atoms with van der Waals surface area (Å²) in [7, 11) is 3.41. The van der Waals surface area contributed by atoms with E-state index in [4.69, 9.17) is 9.47 Å². The first-order chi connectivity index (χ1) is 22.0. The minimum Gasteiger partial charge on any atom is -0.496 e. The predicted octanol–water partition coefficient (Wildman–Crippen LogP) is 11.8. The normalized spacial score (nSPS) is 36.3. The van der Waals surface area contributed by atoms with Crippen molar-refractivity contribution in [3.63, 3.8) is 0 Å². The summed E-state index contributed by atoms with van der Waals surface area (Å²) in [4.78, 5) is 0. The van der Waals surface area contributed by atoms with Gasteiger partial charge in [0.15, 0.2) is 0 Å². The maximum atomic E-state index is 6.64. The summed E-state index contributed by atoms with van der Waals surface area (Å²) in [5.74, 6) is 9.33. The first-order valence-corrected chi connectivity index (χ1v) is 20.6. The molecular formula is C43H61O2P. The van der Waals surface area contributed by atoms with E-state index in [1.54, 1.807) is 5.30 Å². The van der Waals surface area contributed by atoms with E-state index in [9.17, 15) is 0 Å². The SMILES string of the molecule is COc1ccc(OC)c(P(C23CC4CC(CC(C4)C2)C3)C23CC4CC(CC(C4)C2)C3)c1-c1c(C(C)C)cc(C(C)C)cc1C(C)C. The van der Waals surface area contributed by atoms with Crippen molar-refractivity contribution in [2.24, 2.45) is 35.5 Å². The highest BCUT2D eigenvalue weighted by atomic mass is 31.1. The fourth-order valence-corrected chi connectivity index (χ4v) is 18.7. The predicted molar refractivity (Wildman–Crippen MR) is 196 cm³/mol. The quantitative estimate of drug-likeness (QED) is 0.254. The van der Waals surface area contributed by atoms with Gasteiger partial charge in [0.2, 0.25) is 0 Å². The monoisotopic (exact) mass is 640 g/mol. The van der Waals surface area contributed by atoms with Crippen molar-refractivity contribution < 1.29 is 9.47 Å². The van der Waals surface area contributed by atoms with Crippen LogP contribution in [0.4, 0.5) is 0 Å². The Hall–Kier alpha value is -1.53. The van der Waals surface area contributed by atoms with E-state index in [0.717, 1.165) is 41.3 Å². The summed E-state index contributed by atoms with van der Waals surface area (Å²) >= 11 is 0. The average Bonchev–Trinajstić information content (AvgIpc) is 2.98. The molecule has 0 aliphatic heterocycles. The molecule has 10 rings (SSSR count). The summed E-state index contributed by atoms with van der Waals surface area (Å²) < 4.78 is 13.2. The summed E-state index contributed by atoms with van der Waals surface area (Å²) in [6, 6.07) is 9.71. The zero-order chi connectivity index (χ0) is 32.1. The third kappa shape index (κ3) is 4.95. The van der Waals surface area contributed by atoms with Gasteiger partial charge in [-0.2, -0.15) is 0 Å². The lowest BCUT2D eigenvalue weighted by Crippen LogP contribution is -2.58. The highest BCUT2D eigenvalue weighted by Crippen LogP contribution is 2.79. The second-order valence-electron chi connectivity index (χ2n) is 18.4. The second-order valence-corrected chi connectivity index (χ2v) is 21.4. The van der Waals surface area contributed by atoms with E-state index < -0.39 is 7.92 Å². The first kappa shape index (κ1) is 31.7. The van der Waals surface area contributed by atoms with Crippen LogP contribution in [0.25, 0.3) is 11.1 Å². The van der Waals surface area contributed by atoms with Crippen LogP contribution in [0.3, 0.4) is 0 Å². The van der Waals surface area contributed by atoms with Crippen molar-refractivity contribution in [2.75, 3.05) is 14.2 Å². The zero-order valence-electron chi connectivity index (χ0n) is 30.3. The van der Waals surface area contributed by atoms with Crippen LogP contribution < -0.4 is 14.8 Å². The third-order valence-corrected chi connectivity index (χ3v) is 18.0. The molecule has 0 saturated heterocycles. The lowest BCUT2D eigenvalue weighted by atomic mass is 9.55. The molecule has 0 spiro atoms. The average molecular weight is 641 g/mol. The van der Waals surface area contributed by atoms with Crippen LogP contribution in [0, 0.1) is 35.5 Å². The van der Waals surface area contributed by atoms with Crippen LogP contribution >= 0.6 is 7.92 Å². The largest absolute Gasteiger partial charge is 0.496 e. The molecule has 2 nitrogen and oxygen atoms in total. The topological polar surface area (TPSA) is 18.5 Å². The van der Waals surface area contributed by atoms with Crippen LogP contribution in [0.1, 0.15) is 153 Å². The number of hydrogen-bond acceptors (Lipinski definition) is 2. The Morgan fingerprint density at radius 2 is 0.913 bits per heavy atom. The van der Waals surface area contributed by atoms with E-state index >= 15 is 0 Å². The number of rotatable bonds is 9. The van der Waals surface area contributed by atoms with Gasteiger partial charge in [0.05, 0.1) is 14.2 Å². The summed E-state index contributed by atoms with van der Waals surface area (Å²) in [6.07, 6.45) is 17.9. The van der Waals surface area contributed by atoms with Crippen LogP contribution in [-0.2, 0) is 0 Å². The molecular weight excluding hydrogens is 579 g/mol. The fourth-order valence-electron chi connectivity index (χ4n) is 13.3. The molecule has 8 aliphatic rings. The number of ether oxygens (including phenoxy) is 2. The molecule has 3 heteroatoms. The molecule has 0 aromatic heterocycles. The highest BCUT2D eigenvalue weighted by Gasteiger charge is 2.64. The van der Waals surface area contributed by atoms with E-state index in [1.165, 1.54) is 111 Å². The van der Waals surface area contributed by atoms with Gasteiger partial charge in [0.25, 0.3) is 0 Å². The molecule has 8 fully saturated rings. The smallest absolute Gasteiger partial charge is 0.127 e. The van der Waals surface area contributed by atoms with Crippen molar-refractivity contribution in [3.05, 3.63) is 41.0 Å². The van der Waals surface area contributed by atoms with Gasteiger partial charge in [-0.15, -0.1) is 0 Å². The summed E-state index contributed by atoms with van der Waals surface area (Å²) in [6.45, 7) is 14.4. The molecule has 0 N–H and O–H groups in total. The molecule has 0 heterocycles. The minimum absolute atomic E-state index is 0.431. The highest BCUT2D eigenvalue weighted by molar-refractivity contribution is 7.69. The standard InChI is InChI=1S/C43H61O2P/c1-25(2)34-17-35(26(3)4)39(36(18-34)27(5)6)40-37(44-7)9-10-38(45-8)41(40)46(42-19-28-11-29(20-42)13-30(12-28)21-42)43-22-31-14-32(23-43)16-33(15-31)24-43/h9-10,17-18,25-33H,11-16,19-24H2,1-8H3. The van der Waals surface area contributed by atoms with Gasteiger partial charge in [0.1, 0.15) is 11.5 Å². The number of methoxy groups -OCH3 is 2. The third-order valence-electron chi connectivity index (χ3n) is 14.1. The maximum absolute atomic E-state index is 6.64. The van der Waals surface area contributed by atoms with Gasteiger partial charge in [0, 0.05) is 10.9 Å². The molecule has 2 aromatic carbocycles. The Balaban J connectivity index is 1.45. The maximum Gasteiger partial charge on any atom is 0.127 e. The van der Waals surface area contributed by atoms with Gasteiger partial charge < -0.3 is 9.47 Å². The molecule has 2 aromatic rings. The molecule has 8 saturated carbocycles. The van der Waals surface area contributed by atoms with Crippen LogP contribution in [0.2, 0.25) is 0 Å². The molecule has 8 aliphatic carbocycles. The van der Waals surface area contributed by atoms with Crippen LogP contribution in [0.5, 0.6) is 11.5 Å². The molecule has 0 unspecified atom stereocenters. The lowest BCUT2D eigenvalue weighted by molar-refractivity contribution is 0.0195. The van der Waals surface area contributed by atoms with Crippen molar-refractivity contribution in [2.45, 2.75) is 147 Å². The number of benzene rings is 2. The van der Waals surface area contributed by atoms with E-state index in [0.29, 0.717) is 28.1 Å². The van der Waals surface area contributed by atoms with E-state index in [1.807, 2.05) is 14.2 Å². The van der Waals surface area contributed by atoms with Crippen LogP contribution in [0.15, 0.2) is 24.3 Å². The summed E-state index contributed by atoms with van der Waals surface area (Å²) in [5, 5.41) is 2.54. The van der Waals surface area contributed by atoms with Crippen molar-refractivity contribution in [1.29, 1.82) is 0 Å².